The molecule has 158 valence electrons. The molecule has 0 bridgehead atoms. The minimum atomic E-state index is -3.49. The van der Waals surface area contributed by atoms with Crippen LogP contribution >= 0.6 is 0 Å². The van der Waals surface area contributed by atoms with Gasteiger partial charge in [0.15, 0.2) is 0 Å². The molecule has 0 unspecified atom stereocenters. The van der Waals surface area contributed by atoms with Gasteiger partial charge in [0.05, 0.1) is 19.1 Å². The van der Waals surface area contributed by atoms with Crippen molar-refractivity contribution in [3.05, 3.63) is 60.2 Å². The third-order valence-corrected chi connectivity index (χ3v) is 5.82. The molecule has 0 spiro atoms. The van der Waals surface area contributed by atoms with Gasteiger partial charge in [0.1, 0.15) is 5.75 Å². The summed E-state index contributed by atoms with van der Waals surface area (Å²) < 4.78 is 31.1. The van der Waals surface area contributed by atoms with Crippen molar-refractivity contribution in [2.45, 2.75) is 38.6 Å². The lowest BCUT2D eigenvalue weighted by molar-refractivity contribution is -0.121. The fraction of sp³-hybridized carbons (Fsp3) is 0.409. The molecule has 2 aromatic carbocycles. The molecule has 0 aromatic heterocycles. The number of sulfonamides is 1. The molecule has 0 aliphatic rings. The summed E-state index contributed by atoms with van der Waals surface area (Å²) in [4.78, 5) is 12.3. The van der Waals surface area contributed by atoms with Crippen molar-refractivity contribution in [3.8, 4) is 5.75 Å². The Labute approximate surface area is 173 Å². The normalized spacial score (nSPS) is 12.2. The van der Waals surface area contributed by atoms with Crippen LogP contribution in [0.5, 0.6) is 5.75 Å². The number of carbonyl (C=O) groups is 1. The standard InChI is InChI=1S/C22H30N2O4S/c1-18(15-16-19-10-5-4-6-11-19)23-22(25)14-9-17-24(29(3,26)27)20-12-7-8-13-21(20)28-2/h4-8,10-13,18H,9,14-17H2,1-3H3,(H,23,25)/t18-/m1/s1. The molecule has 0 aliphatic heterocycles. The molecule has 2 aromatic rings. The van der Waals surface area contributed by atoms with Crippen LogP contribution in [0.4, 0.5) is 5.69 Å². The summed E-state index contributed by atoms with van der Waals surface area (Å²) >= 11 is 0. The van der Waals surface area contributed by atoms with Gasteiger partial charge in [0.2, 0.25) is 15.9 Å². The third-order valence-electron chi connectivity index (χ3n) is 4.64. The van der Waals surface area contributed by atoms with Crippen molar-refractivity contribution in [1.82, 2.24) is 5.32 Å². The average Bonchev–Trinajstić information content (AvgIpc) is 2.69. The monoisotopic (exact) mass is 418 g/mol. The van der Waals surface area contributed by atoms with Crippen LogP contribution in [0.1, 0.15) is 31.7 Å². The second-order valence-corrected chi connectivity index (χ2v) is 9.01. The van der Waals surface area contributed by atoms with E-state index in [1.54, 1.807) is 24.3 Å². The molecule has 6 nitrogen and oxygen atoms in total. The molecular weight excluding hydrogens is 388 g/mol. The SMILES string of the molecule is COc1ccccc1N(CCCC(=O)N[C@H](C)CCc1ccccc1)S(C)(=O)=O. The van der Waals surface area contributed by atoms with Crippen molar-refractivity contribution in [2.24, 2.45) is 0 Å². The van der Waals surface area contributed by atoms with Crippen LogP contribution in [-0.2, 0) is 21.2 Å². The van der Waals surface area contributed by atoms with Gasteiger partial charge in [0, 0.05) is 19.0 Å². The van der Waals surface area contributed by atoms with Crippen LogP contribution in [-0.4, -0.2) is 40.3 Å². The number of carbonyl (C=O) groups excluding carboxylic acids is 1. The number of benzene rings is 2. The number of hydrogen-bond donors (Lipinski definition) is 1. The lowest BCUT2D eigenvalue weighted by Crippen LogP contribution is -2.35. The van der Waals surface area contributed by atoms with Crippen LogP contribution in [0.2, 0.25) is 0 Å². The van der Waals surface area contributed by atoms with E-state index in [2.05, 4.69) is 17.4 Å². The maximum absolute atomic E-state index is 12.3. The van der Waals surface area contributed by atoms with Crippen molar-refractivity contribution in [3.63, 3.8) is 0 Å². The zero-order valence-corrected chi connectivity index (χ0v) is 18.1. The second kappa shape index (κ2) is 10.9. The summed E-state index contributed by atoms with van der Waals surface area (Å²) in [6.45, 7) is 2.20. The summed E-state index contributed by atoms with van der Waals surface area (Å²) in [6.07, 6.45) is 3.59. The maximum Gasteiger partial charge on any atom is 0.232 e. The van der Waals surface area contributed by atoms with E-state index in [4.69, 9.17) is 4.74 Å². The molecule has 1 atom stereocenters. The number of aryl methyl sites for hydroxylation is 1. The van der Waals surface area contributed by atoms with Gasteiger partial charge >= 0.3 is 0 Å². The molecule has 0 heterocycles. The molecule has 0 saturated carbocycles. The van der Waals surface area contributed by atoms with E-state index >= 15 is 0 Å². The summed E-state index contributed by atoms with van der Waals surface area (Å²) in [7, 11) is -1.99. The highest BCUT2D eigenvalue weighted by Crippen LogP contribution is 2.29. The van der Waals surface area contributed by atoms with Crippen molar-refractivity contribution in [1.29, 1.82) is 0 Å². The van der Waals surface area contributed by atoms with Crippen molar-refractivity contribution >= 4 is 21.6 Å². The minimum Gasteiger partial charge on any atom is -0.495 e. The molecule has 0 fully saturated rings. The van der Waals surface area contributed by atoms with Crippen molar-refractivity contribution in [2.75, 3.05) is 24.2 Å². The molecule has 1 N–H and O–H groups in total. The Morgan fingerprint density at radius 1 is 1.10 bits per heavy atom. The number of anilines is 1. The highest BCUT2D eigenvalue weighted by atomic mass is 32.2. The summed E-state index contributed by atoms with van der Waals surface area (Å²) in [6, 6.07) is 17.2. The number of nitrogens with one attached hydrogen (secondary N) is 1. The van der Waals surface area contributed by atoms with Gasteiger partial charge in [0.25, 0.3) is 0 Å². The number of rotatable bonds is 11. The largest absolute Gasteiger partial charge is 0.495 e. The maximum atomic E-state index is 12.3. The topological polar surface area (TPSA) is 75.7 Å². The molecule has 2 rings (SSSR count). The second-order valence-electron chi connectivity index (χ2n) is 7.10. The Balaban J connectivity index is 1.85. The third kappa shape index (κ3) is 7.42. The molecular formula is C22H30N2O4S. The summed E-state index contributed by atoms with van der Waals surface area (Å²) in [5, 5.41) is 2.99. The number of para-hydroxylation sites is 2. The predicted octanol–water partition coefficient (Wildman–Crippen LogP) is 3.38. The average molecular weight is 419 g/mol. The van der Waals surface area contributed by atoms with Gasteiger partial charge in [-0.05, 0) is 43.9 Å². The number of methoxy groups -OCH3 is 1. The van der Waals surface area contributed by atoms with Gasteiger partial charge in [-0.2, -0.15) is 0 Å². The number of hydrogen-bond acceptors (Lipinski definition) is 4. The first kappa shape index (κ1) is 22.7. The Hall–Kier alpha value is -2.54. The fourth-order valence-electron chi connectivity index (χ4n) is 3.13. The minimum absolute atomic E-state index is 0.0583. The van der Waals surface area contributed by atoms with E-state index in [0.29, 0.717) is 17.9 Å². The van der Waals surface area contributed by atoms with E-state index in [-0.39, 0.29) is 24.9 Å². The van der Waals surface area contributed by atoms with E-state index in [1.165, 1.54) is 17.0 Å². The van der Waals surface area contributed by atoms with Gasteiger partial charge in [-0.1, -0.05) is 42.5 Å². The predicted molar refractivity (Wildman–Crippen MR) is 117 cm³/mol. The van der Waals surface area contributed by atoms with Crippen LogP contribution in [0.25, 0.3) is 0 Å². The van der Waals surface area contributed by atoms with E-state index in [1.807, 2.05) is 25.1 Å². The van der Waals surface area contributed by atoms with E-state index in [9.17, 15) is 13.2 Å². The zero-order chi connectivity index (χ0) is 21.3. The molecule has 0 radical (unpaired) electrons. The van der Waals surface area contributed by atoms with Crippen LogP contribution < -0.4 is 14.4 Å². The van der Waals surface area contributed by atoms with E-state index < -0.39 is 10.0 Å². The first-order chi connectivity index (χ1) is 13.8. The van der Waals surface area contributed by atoms with Gasteiger partial charge in [-0.25, -0.2) is 8.42 Å². The first-order valence-electron chi connectivity index (χ1n) is 9.75. The Bertz CT molecular complexity index is 885. The van der Waals surface area contributed by atoms with Crippen LogP contribution in [0.15, 0.2) is 54.6 Å². The first-order valence-corrected chi connectivity index (χ1v) is 11.6. The molecule has 29 heavy (non-hydrogen) atoms. The molecule has 7 heteroatoms. The zero-order valence-electron chi connectivity index (χ0n) is 17.3. The highest BCUT2D eigenvalue weighted by molar-refractivity contribution is 7.92. The summed E-state index contributed by atoms with van der Waals surface area (Å²) in [5.41, 5.74) is 1.73. The lowest BCUT2D eigenvalue weighted by Gasteiger charge is -2.24. The Morgan fingerprint density at radius 3 is 2.41 bits per heavy atom. The number of nitrogens with zero attached hydrogens (tertiary/aromatic N) is 1. The Kier molecular flexibility index (Phi) is 8.51. The van der Waals surface area contributed by atoms with Crippen molar-refractivity contribution < 1.29 is 17.9 Å². The quantitative estimate of drug-likeness (QED) is 0.607. The molecule has 1 amide bonds. The number of ether oxygens (including phenoxy) is 1. The van der Waals surface area contributed by atoms with Gasteiger partial charge in [-0.3, -0.25) is 9.10 Å². The molecule has 0 aliphatic carbocycles. The molecule has 0 saturated heterocycles. The van der Waals surface area contributed by atoms with Gasteiger partial charge in [-0.15, -0.1) is 0 Å². The highest BCUT2D eigenvalue weighted by Gasteiger charge is 2.21. The fourth-order valence-corrected chi connectivity index (χ4v) is 4.10. The van der Waals surface area contributed by atoms with Crippen LogP contribution in [0.3, 0.4) is 0 Å². The van der Waals surface area contributed by atoms with Crippen LogP contribution in [0, 0.1) is 0 Å². The van der Waals surface area contributed by atoms with Gasteiger partial charge < -0.3 is 10.1 Å². The lowest BCUT2D eigenvalue weighted by atomic mass is 10.1. The smallest absolute Gasteiger partial charge is 0.232 e. The number of amides is 1. The summed E-state index contributed by atoms with van der Waals surface area (Å²) in [5.74, 6) is 0.413. The van der Waals surface area contributed by atoms with E-state index in [0.717, 1.165) is 19.1 Å². The Morgan fingerprint density at radius 2 is 1.76 bits per heavy atom.